The molecule has 0 radical (unpaired) electrons. The van der Waals surface area contributed by atoms with Crippen LogP contribution in [0.4, 0.5) is 0 Å². The van der Waals surface area contributed by atoms with Crippen LogP contribution in [0.25, 0.3) is 10.1 Å². The monoisotopic (exact) mass is 287 g/mol. The van der Waals surface area contributed by atoms with Crippen molar-refractivity contribution in [1.29, 1.82) is 0 Å². The van der Waals surface area contributed by atoms with E-state index in [-0.39, 0.29) is 0 Å². The van der Waals surface area contributed by atoms with E-state index in [4.69, 9.17) is 0 Å². The van der Waals surface area contributed by atoms with Gasteiger partial charge in [0.25, 0.3) is 0 Å². The van der Waals surface area contributed by atoms with Crippen molar-refractivity contribution < 1.29 is 0 Å². The van der Waals surface area contributed by atoms with Crippen LogP contribution in [-0.2, 0) is 6.42 Å². The first-order valence-electron chi connectivity index (χ1n) is 8.04. The maximum Gasteiger partial charge on any atom is 0.0345 e. The Morgan fingerprint density at radius 3 is 2.95 bits per heavy atom. The Morgan fingerprint density at radius 2 is 2.05 bits per heavy atom. The van der Waals surface area contributed by atoms with Crippen LogP contribution in [0.3, 0.4) is 0 Å². The summed E-state index contributed by atoms with van der Waals surface area (Å²) < 4.78 is 1.45. The summed E-state index contributed by atoms with van der Waals surface area (Å²) in [5.41, 5.74) is 1.58. The van der Waals surface area contributed by atoms with E-state index in [0.29, 0.717) is 0 Å². The van der Waals surface area contributed by atoms with Crippen LogP contribution in [0.5, 0.6) is 0 Å². The first kappa shape index (κ1) is 14.1. The molecule has 1 aliphatic rings. The van der Waals surface area contributed by atoms with Gasteiger partial charge in [0, 0.05) is 4.70 Å². The van der Waals surface area contributed by atoms with E-state index in [0.717, 1.165) is 11.8 Å². The largest absolute Gasteiger partial charge is 0.316 e. The highest BCUT2D eigenvalue weighted by atomic mass is 32.1. The van der Waals surface area contributed by atoms with Gasteiger partial charge in [-0.05, 0) is 73.0 Å². The average molecular weight is 287 g/mol. The third-order valence-electron chi connectivity index (χ3n) is 4.69. The predicted octanol–water partition coefficient (Wildman–Crippen LogP) is 4.86. The number of hydrogen-bond donors (Lipinski definition) is 1. The summed E-state index contributed by atoms with van der Waals surface area (Å²) in [7, 11) is 0. The van der Waals surface area contributed by atoms with Gasteiger partial charge in [0.2, 0.25) is 0 Å². The number of nitrogens with one attached hydrogen (secondary N) is 1. The van der Waals surface area contributed by atoms with Gasteiger partial charge >= 0.3 is 0 Å². The van der Waals surface area contributed by atoms with Crippen molar-refractivity contribution in [3.8, 4) is 0 Å². The van der Waals surface area contributed by atoms with Gasteiger partial charge in [-0.25, -0.2) is 0 Å². The summed E-state index contributed by atoms with van der Waals surface area (Å²) in [5, 5.41) is 7.51. The lowest BCUT2D eigenvalue weighted by Gasteiger charge is -2.20. The molecule has 2 heteroatoms. The predicted molar refractivity (Wildman–Crippen MR) is 89.5 cm³/mol. The highest BCUT2D eigenvalue weighted by Crippen LogP contribution is 2.36. The van der Waals surface area contributed by atoms with E-state index in [1.165, 1.54) is 55.3 Å². The van der Waals surface area contributed by atoms with Gasteiger partial charge in [-0.3, -0.25) is 0 Å². The highest BCUT2D eigenvalue weighted by molar-refractivity contribution is 7.17. The highest BCUT2D eigenvalue weighted by Gasteiger charge is 2.27. The molecule has 1 aromatic carbocycles. The summed E-state index contributed by atoms with van der Waals surface area (Å²) in [5.74, 6) is 1.78. The number of rotatable bonds is 6. The Labute approximate surface area is 126 Å². The van der Waals surface area contributed by atoms with Gasteiger partial charge in [0.05, 0.1) is 0 Å². The van der Waals surface area contributed by atoms with Gasteiger partial charge in [-0.2, -0.15) is 0 Å². The SMILES string of the molecule is CCCNCC1CCCC1Cc1csc2ccccc12. The second kappa shape index (κ2) is 6.73. The lowest BCUT2D eigenvalue weighted by atomic mass is 9.89. The van der Waals surface area contributed by atoms with Crippen LogP contribution in [0.1, 0.15) is 38.2 Å². The zero-order valence-electron chi connectivity index (χ0n) is 12.4. The van der Waals surface area contributed by atoms with Gasteiger partial charge < -0.3 is 5.32 Å². The molecule has 1 saturated carbocycles. The van der Waals surface area contributed by atoms with Gasteiger partial charge in [0.1, 0.15) is 0 Å². The second-order valence-electron chi connectivity index (χ2n) is 6.12. The molecule has 1 heterocycles. The van der Waals surface area contributed by atoms with E-state index < -0.39 is 0 Å². The molecule has 1 N–H and O–H groups in total. The second-order valence-corrected chi connectivity index (χ2v) is 7.03. The lowest BCUT2D eigenvalue weighted by molar-refractivity contribution is 0.366. The molecule has 2 aromatic rings. The Hall–Kier alpha value is -0.860. The lowest BCUT2D eigenvalue weighted by Crippen LogP contribution is -2.26. The first-order chi connectivity index (χ1) is 9.88. The van der Waals surface area contributed by atoms with Crippen molar-refractivity contribution in [3.05, 3.63) is 35.2 Å². The fourth-order valence-corrected chi connectivity index (χ4v) is 4.56. The molecule has 108 valence electrons. The van der Waals surface area contributed by atoms with Crippen molar-refractivity contribution in [1.82, 2.24) is 5.32 Å². The maximum absolute atomic E-state index is 3.63. The molecule has 0 amide bonds. The summed E-state index contributed by atoms with van der Waals surface area (Å²) in [6.45, 7) is 4.64. The number of hydrogen-bond acceptors (Lipinski definition) is 2. The van der Waals surface area contributed by atoms with E-state index >= 15 is 0 Å². The zero-order chi connectivity index (χ0) is 13.8. The van der Waals surface area contributed by atoms with Crippen molar-refractivity contribution in [2.24, 2.45) is 11.8 Å². The van der Waals surface area contributed by atoms with Crippen LogP contribution in [0.15, 0.2) is 29.6 Å². The number of fused-ring (bicyclic) bond motifs is 1. The van der Waals surface area contributed by atoms with Crippen LogP contribution in [0, 0.1) is 11.8 Å². The van der Waals surface area contributed by atoms with Gasteiger partial charge in [0.15, 0.2) is 0 Å². The van der Waals surface area contributed by atoms with Crippen LogP contribution < -0.4 is 5.32 Å². The zero-order valence-corrected chi connectivity index (χ0v) is 13.2. The molecular formula is C18H25NS. The molecule has 0 bridgehead atoms. The number of thiophene rings is 1. The first-order valence-corrected chi connectivity index (χ1v) is 8.92. The van der Waals surface area contributed by atoms with Crippen molar-refractivity contribution in [2.45, 2.75) is 39.0 Å². The molecule has 1 aliphatic carbocycles. The minimum absolute atomic E-state index is 0.886. The normalized spacial score (nSPS) is 22.6. The minimum Gasteiger partial charge on any atom is -0.316 e. The average Bonchev–Trinajstić information content (AvgIpc) is 3.08. The van der Waals surface area contributed by atoms with E-state index in [2.05, 4.69) is 41.9 Å². The summed E-state index contributed by atoms with van der Waals surface area (Å²) in [6, 6.07) is 8.86. The Morgan fingerprint density at radius 1 is 1.20 bits per heavy atom. The minimum atomic E-state index is 0.886. The van der Waals surface area contributed by atoms with Crippen molar-refractivity contribution in [3.63, 3.8) is 0 Å². The Kier molecular flexibility index (Phi) is 4.74. The maximum atomic E-state index is 3.63. The fourth-order valence-electron chi connectivity index (χ4n) is 3.59. The molecule has 3 rings (SSSR count). The molecule has 0 aliphatic heterocycles. The smallest absolute Gasteiger partial charge is 0.0345 e. The number of benzene rings is 1. The molecule has 2 atom stereocenters. The summed E-state index contributed by atoms with van der Waals surface area (Å²) >= 11 is 1.90. The van der Waals surface area contributed by atoms with E-state index in [1.807, 2.05) is 11.3 Å². The molecule has 2 unspecified atom stereocenters. The molecule has 20 heavy (non-hydrogen) atoms. The topological polar surface area (TPSA) is 12.0 Å². The van der Waals surface area contributed by atoms with Crippen molar-refractivity contribution in [2.75, 3.05) is 13.1 Å². The van der Waals surface area contributed by atoms with Gasteiger partial charge in [-0.15, -0.1) is 11.3 Å². The molecular weight excluding hydrogens is 262 g/mol. The third kappa shape index (κ3) is 3.07. The van der Waals surface area contributed by atoms with E-state index in [1.54, 1.807) is 5.56 Å². The van der Waals surface area contributed by atoms with Crippen LogP contribution >= 0.6 is 11.3 Å². The quantitative estimate of drug-likeness (QED) is 0.748. The van der Waals surface area contributed by atoms with Crippen LogP contribution in [0.2, 0.25) is 0 Å². The summed E-state index contributed by atoms with van der Waals surface area (Å²) in [4.78, 5) is 0. The van der Waals surface area contributed by atoms with Crippen molar-refractivity contribution >= 4 is 21.4 Å². The fraction of sp³-hybridized carbons (Fsp3) is 0.556. The molecule has 1 fully saturated rings. The molecule has 0 spiro atoms. The van der Waals surface area contributed by atoms with E-state index in [9.17, 15) is 0 Å². The third-order valence-corrected chi connectivity index (χ3v) is 5.71. The molecule has 1 nitrogen and oxygen atoms in total. The standard InChI is InChI=1S/C18H25NS/c1-2-10-19-12-15-7-5-6-14(15)11-16-13-20-18-9-4-3-8-17(16)18/h3-4,8-9,13-15,19H,2,5-7,10-12H2,1H3. The van der Waals surface area contributed by atoms with Gasteiger partial charge in [-0.1, -0.05) is 31.5 Å². The Bertz CT molecular complexity index is 545. The molecule has 0 saturated heterocycles. The Balaban J connectivity index is 1.67. The molecule has 1 aromatic heterocycles. The summed E-state index contributed by atoms with van der Waals surface area (Å²) in [6.07, 6.45) is 6.78. The van der Waals surface area contributed by atoms with Crippen LogP contribution in [-0.4, -0.2) is 13.1 Å².